The standard InChI is InChI=1S/C23H21N/c1-15-6-4-8-17(14-15)22-20-11-5-10-19(20)21-13-12-16-7-2-3-9-18(16)23(21)24-22/h2-10,12-14,19-20,22,24H,11H2,1H3/t19-,20+,22+/m1/s1. The van der Waals surface area contributed by atoms with Crippen LogP contribution in [0.1, 0.15) is 35.1 Å². The van der Waals surface area contributed by atoms with Crippen molar-refractivity contribution in [3.05, 3.63) is 89.5 Å². The number of allylic oxidation sites excluding steroid dienone is 2. The van der Waals surface area contributed by atoms with Crippen molar-refractivity contribution in [1.82, 2.24) is 0 Å². The first-order chi connectivity index (χ1) is 11.8. The highest BCUT2D eigenvalue weighted by Crippen LogP contribution is 2.51. The molecule has 0 unspecified atom stereocenters. The predicted octanol–water partition coefficient (Wildman–Crippen LogP) is 5.97. The van der Waals surface area contributed by atoms with E-state index in [0.29, 0.717) is 17.9 Å². The molecule has 5 rings (SSSR count). The topological polar surface area (TPSA) is 12.0 Å². The number of hydrogen-bond donors (Lipinski definition) is 1. The van der Waals surface area contributed by atoms with Crippen molar-refractivity contribution < 1.29 is 0 Å². The Bertz CT molecular complexity index is 953. The van der Waals surface area contributed by atoms with E-state index < -0.39 is 0 Å². The number of fused-ring (bicyclic) bond motifs is 5. The number of aryl methyl sites for hydroxylation is 1. The Kier molecular flexibility index (Phi) is 3.02. The molecule has 3 aromatic carbocycles. The summed E-state index contributed by atoms with van der Waals surface area (Å²) in [6, 6.07) is 22.7. The summed E-state index contributed by atoms with van der Waals surface area (Å²) < 4.78 is 0. The summed E-state index contributed by atoms with van der Waals surface area (Å²) in [5.74, 6) is 1.14. The van der Waals surface area contributed by atoms with Crippen LogP contribution in [0.3, 0.4) is 0 Å². The van der Waals surface area contributed by atoms with Crippen LogP contribution < -0.4 is 5.32 Å². The summed E-state index contributed by atoms with van der Waals surface area (Å²) in [6.45, 7) is 2.18. The second-order valence-electron chi connectivity index (χ2n) is 7.14. The number of benzene rings is 3. The molecule has 0 radical (unpaired) electrons. The second-order valence-corrected chi connectivity index (χ2v) is 7.14. The van der Waals surface area contributed by atoms with Gasteiger partial charge in [0.25, 0.3) is 0 Å². The molecule has 1 heteroatoms. The average molecular weight is 311 g/mol. The molecule has 3 atom stereocenters. The molecule has 0 amide bonds. The van der Waals surface area contributed by atoms with Crippen LogP contribution in [0.15, 0.2) is 72.8 Å². The molecular formula is C23H21N. The molecule has 0 saturated heterocycles. The summed E-state index contributed by atoms with van der Waals surface area (Å²) in [6.07, 6.45) is 5.94. The van der Waals surface area contributed by atoms with Crippen LogP contribution in [0.5, 0.6) is 0 Å². The number of nitrogens with one attached hydrogen (secondary N) is 1. The van der Waals surface area contributed by atoms with Gasteiger partial charge in [0.1, 0.15) is 0 Å². The molecule has 1 N–H and O–H groups in total. The van der Waals surface area contributed by atoms with E-state index in [1.807, 2.05) is 0 Å². The van der Waals surface area contributed by atoms with Crippen molar-refractivity contribution in [3.8, 4) is 0 Å². The Morgan fingerprint density at radius 3 is 2.79 bits per heavy atom. The van der Waals surface area contributed by atoms with E-state index in [1.165, 1.54) is 33.2 Å². The largest absolute Gasteiger partial charge is 0.377 e. The summed E-state index contributed by atoms with van der Waals surface area (Å²) in [5.41, 5.74) is 5.52. The maximum atomic E-state index is 3.91. The molecule has 3 aromatic rings. The van der Waals surface area contributed by atoms with Crippen LogP contribution in [-0.2, 0) is 0 Å². The molecule has 0 fully saturated rings. The summed E-state index contributed by atoms with van der Waals surface area (Å²) in [4.78, 5) is 0. The van der Waals surface area contributed by atoms with E-state index in [4.69, 9.17) is 0 Å². The van der Waals surface area contributed by atoms with Crippen LogP contribution in [0.2, 0.25) is 0 Å². The van der Waals surface area contributed by atoms with Gasteiger partial charge in [-0.3, -0.25) is 0 Å². The lowest BCUT2D eigenvalue weighted by Gasteiger charge is -2.38. The quantitative estimate of drug-likeness (QED) is 0.545. The minimum absolute atomic E-state index is 0.378. The zero-order valence-electron chi connectivity index (χ0n) is 13.9. The second kappa shape index (κ2) is 5.24. The van der Waals surface area contributed by atoms with Crippen LogP contribution in [0.25, 0.3) is 10.8 Å². The third-order valence-corrected chi connectivity index (χ3v) is 5.66. The van der Waals surface area contributed by atoms with Gasteiger partial charge in [0, 0.05) is 17.0 Å². The SMILES string of the molecule is Cc1cccc([C@@H]2Nc3c(ccc4ccccc34)[C@@H]3C=CC[C@@H]32)c1. The van der Waals surface area contributed by atoms with Crippen molar-refractivity contribution in [2.45, 2.75) is 25.3 Å². The molecule has 2 aliphatic rings. The van der Waals surface area contributed by atoms with E-state index in [2.05, 4.69) is 85.1 Å². The molecule has 0 bridgehead atoms. The predicted molar refractivity (Wildman–Crippen MR) is 101 cm³/mol. The first kappa shape index (κ1) is 13.9. The Balaban J connectivity index is 1.71. The minimum Gasteiger partial charge on any atom is -0.377 e. The third kappa shape index (κ3) is 2.01. The lowest BCUT2D eigenvalue weighted by atomic mass is 9.76. The summed E-state index contributed by atoms with van der Waals surface area (Å²) in [5, 5.41) is 6.57. The third-order valence-electron chi connectivity index (χ3n) is 5.66. The molecule has 1 nitrogen and oxygen atoms in total. The Labute approximate surface area is 143 Å². The monoisotopic (exact) mass is 311 g/mol. The van der Waals surface area contributed by atoms with Gasteiger partial charge in [0.2, 0.25) is 0 Å². The van der Waals surface area contributed by atoms with Crippen LogP contribution in [0, 0.1) is 12.8 Å². The van der Waals surface area contributed by atoms with E-state index in [0.717, 1.165) is 6.42 Å². The average Bonchev–Trinajstić information content (AvgIpc) is 3.10. The fourth-order valence-electron chi connectivity index (χ4n) is 4.53. The smallest absolute Gasteiger partial charge is 0.0554 e. The lowest BCUT2D eigenvalue weighted by Crippen LogP contribution is -2.29. The molecule has 1 aliphatic heterocycles. The van der Waals surface area contributed by atoms with Crippen LogP contribution in [0.4, 0.5) is 5.69 Å². The molecule has 0 aromatic heterocycles. The first-order valence-electron chi connectivity index (χ1n) is 8.83. The van der Waals surface area contributed by atoms with Gasteiger partial charge in [-0.15, -0.1) is 0 Å². The van der Waals surface area contributed by atoms with Crippen molar-refractivity contribution in [3.63, 3.8) is 0 Å². The number of rotatable bonds is 1. The maximum Gasteiger partial charge on any atom is 0.0554 e. The van der Waals surface area contributed by atoms with Gasteiger partial charge in [0.15, 0.2) is 0 Å². The lowest BCUT2D eigenvalue weighted by molar-refractivity contribution is 0.426. The molecule has 24 heavy (non-hydrogen) atoms. The molecule has 0 saturated carbocycles. The molecular weight excluding hydrogens is 290 g/mol. The Hall–Kier alpha value is -2.54. The highest BCUT2D eigenvalue weighted by atomic mass is 15.0. The van der Waals surface area contributed by atoms with Gasteiger partial charge in [0.05, 0.1) is 6.04 Å². The fraction of sp³-hybridized carbons (Fsp3) is 0.217. The fourth-order valence-corrected chi connectivity index (χ4v) is 4.53. The van der Waals surface area contributed by atoms with Crippen LogP contribution in [-0.4, -0.2) is 0 Å². The van der Waals surface area contributed by atoms with Crippen LogP contribution >= 0.6 is 0 Å². The first-order valence-corrected chi connectivity index (χ1v) is 8.83. The van der Waals surface area contributed by atoms with Crippen molar-refractivity contribution >= 4 is 16.5 Å². The van der Waals surface area contributed by atoms with Crippen molar-refractivity contribution in [2.75, 3.05) is 5.32 Å². The molecule has 1 heterocycles. The van der Waals surface area contributed by atoms with Gasteiger partial charge in [-0.2, -0.15) is 0 Å². The Morgan fingerprint density at radius 2 is 1.88 bits per heavy atom. The number of hydrogen-bond acceptors (Lipinski definition) is 1. The van der Waals surface area contributed by atoms with Gasteiger partial charge in [-0.25, -0.2) is 0 Å². The van der Waals surface area contributed by atoms with Crippen molar-refractivity contribution in [2.24, 2.45) is 5.92 Å². The van der Waals surface area contributed by atoms with Gasteiger partial charge in [-0.05, 0) is 35.8 Å². The minimum atomic E-state index is 0.378. The maximum absolute atomic E-state index is 3.91. The summed E-state index contributed by atoms with van der Waals surface area (Å²) >= 11 is 0. The zero-order chi connectivity index (χ0) is 16.1. The molecule has 1 aliphatic carbocycles. The molecule has 0 spiro atoms. The summed E-state index contributed by atoms with van der Waals surface area (Å²) in [7, 11) is 0. The Morgan fingerprint density at radius 1 is 0.958 bits per heavy atom. The van der Waals surface area contributed by atoms with Gasteiger partial charge in [-0.1, -0.05) is 78.4 Å². The normalized spacial score (nSPS) is 24.5. The van der Waals surface area contributed by atoms with E-state index in [9.17, 15) is 0 Å². The van der Waals surface area contributed by atoms with E-state index in [1.54, 1.807) is 0 Å². The van der Waals surface area contributed by atoms with E-state index >= 15 is 0 Å². The highest BCUT2D eigenvalue weighted by Gasteiger charge is 2.38. The van der Waals surface area contributed by atoms with Gasteiger partial charge >= 0.3 is 0 Å². The van der Waals surface area contributed by atoms with Gasteiger partial charge < -0.3 is 5.32 Å². The van der Waals surface area contributed by atoms with E-state index in [-0.39, 0.29) is 0 Å². The van der Waals surface area contributed by atoms with Crippen molar-refractivity contribution in [1.29, 1.82) is 0 Å². The molecule has 118 valence electrons. The highest BCUT2D eigenvalue weighted by molar-refractivity contribution is 5.96. The number of anilines is 1. The zero-order valence-corrected chi connectivity index (χ0v) is 13.9.